The van der Waals surface area contributed by atoms with Gasteiger partial charge < -0.3 is 21.1 Å². The molecule has 0 aromatic heterocycles. The van der Waals surface area contributed by atoms with E-state index in [1.165, 1.54) is 0 Å². The molecule has 7 nitrogen and oxygen atoms in total. The summed E-state index contributed by atoms with van der Waals surface area (Å²) < 4.78 is 0. The van der Waals surface area contributed by atoms with Crippen LogP contribution in [0, 0.1) is 11.8 Å². The van der Waals surface area contributed by atoms with E-state index in [4.69, 9.17) is 5.11 Å². The van der Waals surface area contributed by atoms with E-state index in [-0.39, 0.29) is 18.4 Å². The number of carbonyl (C=O) groups is 3. The molecule has 0 aliphatic heterocycles. The van der Waals surface area contributed by atoms with Gasteiger partial charge in [-0.15, -0.1) is 0 Å². The number of nitrogens with one attached hydrogen (secondary N) is 3. The summed E-state index contributed by atoms with van der Waals surface area (Å²) in [4.78, 5) is 33.9. The molecule has 0 aliphatic rings. The number of carboxylic acid groups (broad SMARTS) is 1. The molecule has 0 bridgehead atoms. The van der Waals surface area contributed by atoms with E-state index >= 15 is 0 Å². The third kappa shape index (κ3) is 9.18. The Balaban J connectivity index is 4.07. The zero-order valence-electron chi connectivity index (χ0n) is 12.5. The standard InChI is InChI=1S/C13H25N3O4/c1-8(2)5-10(12(18)19)16-13(20)15-7-11(17)14-6-9(3)4/h8-10H,5-7H2,1-4H3,(H,14,17)(H,18,19)(H2,15,16,20)/t10-/m1/s1. The van der Waals surface area contributed by atoms with Crippen molar-refractivity contribution >= 4 is 17.9 Å². The Kier molecular flexibility index (Phi) is 8.35. The second kappa shape index (κ2) is 9.17. The van der Waals surface area contributed by atoms with Crippen LogP contribution in [0.25, 0.3) is 0 Å². The summed E-state index contributed by atoms with van der Waals surface area (Å²) in [6, 6.07) is -1.61. The number of aliphatic carboxylic acids is 1. The predicted molar refractivity (Wildman–Crippen MR) is 75.3 cm³/mol. The van der Waals surface area contributed by atoms with Crippen LogP contribution in [0.5, 0.6) is 0 Å². The highest BCUT2D eigenvalue weighted by molar-refractivity contribution is 5.86. The Bertz CT molecular complexity index is 343. The molecule has 0 heterocycles. The van der Waals surface area contributed by atoms with Gasteiger partial charge in [-0.2, -0.15) is 0 Å². The van der Waals surface area contributed by atoms with Gasteiger partial charge in [-0.3, -0.25) is 4.79 Å². The summed E-state index contributed by atoms with van der Waals surface area (Å²) in [7, 11) is 0. The van der Waals surface area contributed by atoms with Crippen LogP contribution < -0.4 is 16.0 Å². The van der Waals surface area contributed by atoms with Crippen molar-refractivity contribution in [2.24, 2.45) is 11.8 Å². The van der Waals surface area contributed by atoms with Crippen molar-refractivity contribution < 1.29 is 19.5 Å². The molecule has 0 unspecified atom stereocenters. The lowest BCUT2D eigenvalue weighted by molar-refractivity contribution is -0.139. The van der Waals surface area contributed by atoms with Crippen molar-refractivity contribution in [2.75, 3.05) is 13.1 Å². The summed E-state index contributed by atoms with van der Waals surface area (Å²) in [5, 5.41) is 16.3. The molecule has 116 valence electrons. The van der Waals surface area contributed by atoms with Gasteiger partial charge >= 0.3 is 12.0 Å². The van der Waals surface area contributed by atoms with Gasteiger partial charge in [0.2, 0.25) is 5.91 Å². The SMILES string of the molecule is CC(C)CNC(=O)CNC(=O)N[C@H](CC(C)C)C(=O)O. The van der Waals surface area contributed by atoms with Crippen molar-refractivity contribution in [3.05, 3.63) is 0 Å². The Morgan fingerprint density at radius 1 is 1.00 bits per heavy atom. The number of hydrogen-bond donors (Lipinski definition) is 4. The minimum absolute atomic E-state index is 0.144. The Hall–Kier alpha value is -1.79. The van der Waals surface area contributed by atoms with E-state index in [9.17, 15) is 14.4 Å². The van der Waals surface area contributed by atoms with Crippen LogP contribution in [0.1, 0.15) is 34.1 Å². The summed E-state index contributed by atoms with van der Waals surface area (Å²) >= 11 is 0. The first-order chi connectivity index (χ1) is 9.22. The maximum absolute atomic E-state index is 11.5. The quantitative estimate of drug-likeness (QED) is 0.523. The van der Waals surface area contributed by atoms with Gasteiger partial charge in [0.05, 0.1) is 6.54 Å². The van der Waals surface area contributed by atoms with E-state index in [1.807, 2.05) is 27.7 Å². The Morgan fingerprint density at radius 2 is 1.60 bits per heavy atom. The van der Waals surface area contributed by atoms with Crippen molar-refractivity contribution in [3.63, 3.8) is 0 Å². The molecule has 0 aromatic carbocycles. The molecule has 0 aromatic rings. The van der Waals surface area contributed by atoms with Crippen LogP contribution in [0.2, 0.25) is 0 Å². The zero-order chi connectivity index (χ0) is 15.7. The van der Waals surface area contributed by atoms with E-state index < -0.39 is 18.0 Å². The molecule has 0 aliphatic carbocycles. The van der Waals surface area contributed by atoms with Crippen molar-refractivity contribution in [1.82, 2.24) is 16.0 Å². The van der Waals surface area contributed by atoms with E-state index in [0.717, 1.165) is 0 Å². The van der Waals surface area contributed by atoms with Gasteiger partial charge in [-0.05, 0) is 18.3 Å². The smallest absolute Gasteiger partial charge is 0.326 e. The maximum Gasteiger partial charge on any atom is 0.326 e. The predicted octanol–water partition coefficient (Wildman–Crippen LogP) is 0.557. The highest BCUT2D eigenvalue weighted by Crippen LogP contribution is 2.04. The van der Waals surface area contributed by atoms with Crippen LogP contribution in [0.15, 0.2) is 0 Å². The van der Waals surface area contributed by atoms with Gasteiger partial charge in [-0.25, -0.2) is 9.59 Å². The number of amides is 3. The fourth-order valence-electron chi connectivity index (χ4n) is 1.44. The minimum atomic E-state index is -1.09. The summed E-state index contributed by atoms with van der Waals surface area (Å²) in [5.74, 6) is -0.913. The third-order valence-corrected chi connectivity index (χ3v) is 2.43. The van der Waals surface area contributed by atoms with E-state index in [1.54, 1.807) is 0 Å². The first kappa shape index (κ1) is 18.2. The Labute approximate surface area is 119 Å². The summed E-state index contributed by atoms with van der Waals surface area (Å²) in [6.45, 7) is 8.02. The fraction of sp³-hybridized carbons (Fsp3) is 0.769. The highest BCUT2D eigenvalue weighted by Gasteiger charge is 2.21. The number of carboxylic acids is 1. The molecule has 0 saturated carbocycles. The molecular formula is C13H25N3O4. The lowest BCUT2D eigenvalue weighted by Crippen LogP contribution is -2.49. The minimum Gasteiger partial charge on any atom is -0.480 e. The van der Waals surface area contributed by atoms with Crippen LogP contribution >= 0.6 is 0 Å². The second-order valence-electron chi connectivity index (χ2n) is 5.55. The van der Waals surface area contributed by atoms with Gasteiger partial charge in [0.15, 0.2) is 0 Å². The lowest BCUT2D eigenvalue weighted by Gasteiger charge is -2.17. The van der Waals surface area contributed by atoms with E-state index in [0.29, 0.717) is 18.9 Å². The Morgan fingerprint density at radius 3 is 2.05 bits per heavy atom. The molecule has 0 spiro atoms. The second-order valence-corrected chi connectivity index (χ2v) is 5.55. The molecule has 20 heavy (non-hydrogen) atoms. The van der Waals surface area contributed by atoms with Gasteiger partial charge in [-0.1, -0.05) is 27.7 Å². The normalized spacial score (nSPS) is 12.1. The molecule has 0 fully saturated rings. The molecule has 0 saturated heterocycles. The first-order valence-electron chi connectivity index (χ1n) is 6.76. The molecular weight excluding hydrogens is 262 g/mol. The maximum atomic E-state index is 11.5. The van der Waals surface area contributed by atoms with Crippen LogP contribution in [-0.2, 0) is 9.59 Å². The van der Waals surface area contributed by atoms with Crippen molar-refractivity contribution in [2.45, 2.75) is 40.2 Å². The molecule has 4 N–H and O–H groups in total. The van der Waals surface area contributed by atoms with Crippen molar-refractivity contribution in [3.8, 4) is 0 Å². The molecule has 7 heteroatoms. The highest BCUT2D eigenvalue weighted by atomic mass is 16.4. The number of urea groups is 1. The number of carbonyl (C=O) groups excluding carboxylic acids is 2. The van der Waals surface area contributed by atoms with E-state index in [2.05, 4.69) is 16.0 Å². The first-order valence-corrected chi connectivity index (χ1v) is 6.76. The van der Waals surface area contributed by atoms with Crippen LogP contribution in [-0.4, -0.2) is 42.1 Å². The monoisotopic (exact) mass is 287 g/mol. The molecule has 3 amide bonds. The van der Waals surface area contributed by atoms with Gasteiger partial charge in [0.1, 0.15) is 6.04 Å². The number of hydrogen-bond acceptors (Lipinski definition) is 3. The zero-order valence-corrected chi connectivity index (χ0v) is 12.5. The largest absolute Gasteiger partial charge is 0.480 e. The van der Waals surface area contributed by atoms with Gasteiger partial charge in [0, 0.05) is 6.54 Å². The summed E-state index contributed by atoms with van der Waals surface area (Å²) in [6.07, 6.45) is 0.336. The van der Waals surface area contributed by atoms with Crippen molar-refractivity contribution in [1.29, 1.82) is 0 Å². The number of rotatable bonds is 8. The average molecular weight is 287 g/mol. The van der Waals surface area contributed by atoms with Crippen LogP contribution in [0.4, 0.5) is 4.79 Å². The third-order valence-electron chi connectivity index (χ3n) is 2.43. The molecule has 1 atom stereocenters. The fourth-order valence-corrected chi connectivity index (χ4v) is 1.44. The molecule has 0 radical (unpaired) electrons. The van der Waals surface area contributed by atoms with Crippen LogP contribution in [0.3, 0.4) is 0 Å². The average Bonchev–Trinajstić information content (AvgIpc) is 2.32. The molecule has 0 rings (SSSR count). The van der Waals surface area contributed by atoms with Gasteiger partial charge in [0.25, 0.3) is 0 Å². The lowest BCUT2D eigenvalue weighted by atomic mass is 10.0. The topological polar surface area (TPSA) is 108 Å². The summed E-state index contributed by atoms with van der Waals surface area (Å²) in [5.41, 5.74) is 0.